The van der Waals surface area contributed by atoms with Gasteiger partial charge >= 0.3 is 6.18 Å². The van der Waals surface area contributed by atoms with Crippen molar-refractivity contribution in [2.45, 2.75) is 36.4 Å². The number of nitrogens with two attached hydrogens (primary N) is 1. The molecule has 0 heterocycles. The number of sulfonamides is 1. The van der Waals surface area contributed by atoms with Crippen LogP contribution in [0.1, 0.15) is 24.8 Å². The normalized spacial score (nSPS) is 23.4. The van der Waals surface area contributed by atoms with E-state index in [2.05, 4.69) is 4.72 Å². The average Bonchev–Trinajstić information content (AvgIpc) is 2.82. The lowest BCUT2D eigenvalue weighted by Crippen LogP contribution is -2.29. The maximum absolute atomic E-state index is 12.6. The van der Waals surface area contributed by atoms with Gasteiger partial charge in [0.2, 0.25) is 10.0 Å². The summed E-state index contributed by atoms with van der Waals surface area (Å²) in [6, 6.07) is 3.80. The first kappa shape index (κ1) is 16.3. The molecule has 1 fully saturated rings. The molecule has 1 aromatic carbocycles. The number of rotatable bonds is 4. The van der Waals surface area contributed by atoms with Gasteiger partial charge in [0.15, 0.2) is 0 Å². The van der Waals surface area contributed by atoms with Gasteiger partial charge in [-0.1, -0.05) is 6.07 Å². The molecule has 118 valence electrons. The number of hydrogen-bond acceptors (Lipinski definition) is 3. The van der Waals surface area contributed by atoms with E-state index in [-0.39, 0.29) is 23.4 Å². The smallest absolute Gasteiger partial charge is 0.328 e. The van der Waals surface area contributed by atoms with Crippen LogP contribution in [0.4, 0.5) is 13.2 Å². The Hall–Kier alpha value is -1.12. The number of halogens is 3. The molecule has 1 aliphatic carbocycles. The van der Waals surface area contributed by atoms with E-state index in [1.165, 1.54) is 0 Å². The van der Waals surface area contributed by atoms with E-state index in [1.807, 2.05) is 0 Å². The van der Waals surface area contributed by atoms with Crippen molar-refractivity contribution in [3.8, 4) is 0 Å². The van der Waals surface area contributed by atoms with Crippen LogP contribution >= 0.6 is 0 Å². The third kappa shape index (κ3) is 4.18. The van der Waals surface area contributed by atoms with Gasteiger partial charge in [-0.05, 0) is 43.4 Å². The van der Waals surface area contributed by atoms with Crippen molar-refractivity contribution in [3.63, 3.8) is 0 Å². The number of benzene rings is 1. The average molecular weight is 322 g/mol. The topological polar surface area (TPSA) is 72.2 Å². The van der Waals surface area contributed by atoms with Crippen LogP contribution < -0.4 is 10.5 Å². The van der Waals surface area contributed by atoms with E-state index in [4.69, 9.17) is 5.73 Å². The van der Waals surface area contributed by atoms with Gasteiger partial charge in [0, 0.05) is 12.6 Å². The summed E-state index contributed by atoms with van der Waals surface area (Å²) in [4.78, 5) is -0.375. The second kappa shape index (κ2) is 5.94. The van der Waals surface area contributed by atoms with Crippen molar-refractivity contribution in [1.29, 1.82) is 0 Å². The maximum Gasteiger partial charge on any atom is 0.416 e. The van der Waals surface area contributed by atoms with Crippen molar-refractivity contribution in [3.05, 3.63) is 29.8 Å². The zero-order valence-electron chi connectivity index (χ0n) is 11.2. The molecule has 0 bridgehead atoms. The fraction of sp³-hybridized carbons (Fsp3) is 0.538. The minimum atomic E-state index is -4.57. The van der Waals surface area contributed by atoms with Crippen molar-refractivity contribution < 1.29 is 21.6 Å². The summed E-state index contributed by atoms with van der Waals surface area (Å²) in [7, 11) is -3.94. The van der Waals surface area contributed by atoms with E-state index in [9.17, 15) is 21.6 Å². The molecule has 0 radical (unpaired) electrons. The Morgan fingerprint density at radius 3 is 2.57 bits per heavy atom. The van der Waals surface area contributed by atoms with Crippen molar-refractivity contribution >= 4 is 10.0 Å². The second-order valence-corrected chi connectivity index (χ2v) is 7.08. The van der Waals surface area contributed by atoms with E-state index < -0.39 is 21.8 Å². The summed E-state index contributed by atoms with van der Waals surface area (Å²) in [6.07, 6.45) is -2.17. The molecule has 4 nitrogen and oxygen atoms in total. The lowest BCUT2D eigenvalue weighted by Gasteiger charge is -2.13. The second-order valence-electron chi connectivity index (χ2n) is 5.32. The van der Waals surface area contributed by atoms with Crippen molar-refractivity contribution in [2.75, 3.05) is 6.54 Å². The summed E-state index contributed by atoms with van der Waals surface area (Å²) in [5.41, 5.74) is 4.76. The fourth-order valence-electron chi connectivity index (χ4n) is 2.45. The van der Waals surface area contributed by atoms with E-state index in [0.717, 1.165) is 37.5 Å². The first-order valence-corrected chi connectivity index (χ1v) is 8.09. The van der Waals surface area contributed by atoms with Crippen molar-refractivity contribution in [2.24, 2.45) is 11.7 Å². The van der Waals surface area contributed by atoms with Gasteiger partial charge in [-0.25, -0.2) is 13.1 Å². The Balaban J connectivity index is 2.09. The van der Waals surface area contributed by atoms with Crippen LogP contribution in [0, 0.1) is 5.92 Å². The Morgan fingerprint density at radius 1 is 1.29 bits per heavy atom. The van der Waals surface area contributed by atoms with Crippen LogP contribution in [0.2, 0.25) is 0 Å². The molecule has 0 aromatic heterocycles. The van der Waals surface area contributed by atoms with Gasteiger partial charge in [0.05, 0.1) is 10.5 Å². The highest BCUT2D eigenvalue weighted by Crippen LogP contribution is 2.30. The quantitative estimate of drug-likeness (QED) is 0.892. The Labute approximate surface area is 121 Å². The molecule has 0 aliphatic heterocycles. The largest absolute Gasteiger partial charge is 0.416 e. The number of alkyl halides is 3. The molecule has 1 aromatic rings. The highest BCUT2D eigenvalue weighted by atomic mass is 32.2. The fourth-order valence-corrected chi connectivity index (χ4v) is 3.61. The van der Waals surface area contributed by atoms with Crippen LogP contribution in [-0.4, -0.2) is 21.0 Å². The summed E-state index contributed by atoms with van der Waals surface area (Å²) in [5, 5.41) is 0. The van der Waals surface area contributed by atoms with Gasteiger partial charge in [-0.3, -0.25) is 0 Å². The lowest BCUT2D eigenvalue weighted by atomic mass is 10.1. The number of nitrogens with one attached hydrogen (secondary N) is 1. The minimum Gasteiger partial charge on any atom is -0.328 e. The molecule has 0 spiro atoms. The lowest BCUT2D eigenvalue weighted by molar-refractivity contribution is -0.137. The maximum atomic E-state index is 12.6. The Morgan fingerprint density at radius 2 is 2.00 bits per heavy atom. The van der Waals surface area contributed by atoms with Gasteiger partial charge in [0.1, 0.15) is 0 Å². The van der Waals surface area contributed by atoms with Crippen LogP contribution in [-0.2, 0) is 16.2 Å². The van der Waals surface area contributed by atoms with E-state index in [1.54, 1.807) is 0 Å². The summed E-state index contributed by atoms with van der Waals surface area (Å²) < 4.78 is 64.2. The van der Waals surface area contributed by atoms with Gasteiger partial charge in [-0.2, -0.15) is 13.2 Å². The standard InChI is InChI=1S/C13H17F3N2O2S/c14-13(15,16)10-2-1-3-12(7-10)21(19,20)18-8-9-4-5-11(17)6-9/h1-3,7,9,11,18H,4-6,8,17H2. The highest BCUT2D eigenvalue weighted by molar-refractivity contribution is 7.89. The molecule has 2 unspecified atom stereocenters. The van der Waals surface area contributed by atoms with Gasteiger partial charge in [0.25, 0.3) is 0 Å². The van der Waals surface area contributed by atoms with E-state index >= 15 is 0 Å². The SMILES string of the molecule is NC1CCC(CNS(=O)(=O)c2cccc(C(F)(F)F)c2)C1. The molecule has 0 amide bonds. The van der Waals surface area contributed by atoms with Crippen LogP contribution in [0.5, 0.6) is 0 Å². The van der Waals surface area contributed by atoms with Gasteiger partial charge < -0.3 is 5.73 Å². The zero-order chi connectivity index (χ0) is 15.7. The summed E-state index contributed by atoms with van der Waals surface area (Å²) in [5.74, 6) is 0.139. The highest BCUT2D eigenvalue weighted by Gasteiger charge is 2.32. The third-order valence-corrected chi connectivity index (χ3v) is 5.04. The van der Waals surface area contributed by atoms with Crippen LogP contribution in [0.15, 0.2) is 29.2 Å². The Bertz CT molecular complexity index is 602. The molecule has 3 N–H and O–H groups in total. The molecule has 2 rings (SSSR count). The minimum absolute atomic E-state index is 0.0769. The van der Waals surface area contributed by atoms with Crippen molar-refractivity contribution in [1.82, 2.24) is 4.72 Å². The zero-order valence-corrected chi connectivity index (χ0v) is 12.0. The first-order chi connectivity index (χ1) is 9.68. The van der Waals surface area contributed by atoms with E-state index in [0.29, 0.717) is 6.07 Å². The molecule has 1 aliphatic rings. The molecule has 2 atom stereocenters. The monoisotopic (exact) mass is 322 g/mol. The predicted octanol–water partition coefficient (Wildman–Crippen LogP) is 2.11. The number of hydrogen-bond donors (Lipinski definition) is 2. The molecular formula is C13H17F3N2O2S. The summed E-state index contributed by atoms with van der Waals surface area (Å²) in [6.45, 7) is 0.201. The molecule has 1 saturated carbocycles. The third-order valence-electron chi connectivity index (χ3n) is 3.62. The first-order valence-electron chi connectivity index (χ1n) is 6.61. The molecule has 21 heavy (non-hydrogen) atoms. The van der Waals surface area contributed by atoms with Crippen LogP contribution in [0.25, 0.3) is 0 Å². The summed E-state index contributed by atoms with van der Waals surface area (Å²) >= 11 is 0. The molecular weight excluding hydrogens is 305 g/mol. The van der Waals surface area contributed by atoms with Crippen LogP contribution in [0.3, 0.4) is 0 Å². The molecule has 8 heteroatoms. The Kier molecular flexibility index (Phi) is 4.60. The van der Waals surface area contributed by atoms with Gasteiger partial charge in [-0.15, -0.1) is 0 Å². The predicted molar refractivity (Wildman–Crippen MR) is 71.9 cm³/mol. The molecule has 0 saturated heterocycles.